The number of methoxy groups -OCH3 is 2. The van der Waals surface area contributed by atoms with E-state index < -0.39 is 0 Å². The number of aryl methyl sites for hydroxylation is 1. The van der Waals surface area contributed by atoms with Gasteiger partial charge in [-0.3, -0.25) is 4.79 Å². The number of hydrogen-bond acceptors (Lipinski definition) is 4. The summed E-state index contributed by atoms with van der Waals surface area (Å²) in [4.78, 5) is 13.6. The predicted molar refractivity (Wildman–Crippen MR) is 103 cm³/mol. The first kappa shape index (κ1) is 19.2. The van der Waals surface area contributed by atoms with Crippen molar-refractivity contribution in [2.75, 3.05) is 14.2 Å². The largest absolute Gasteiger partial charge is 0.493 e. The van der Waals surface area contributed by atoms with Gasteiger partial charge >= 0.3 is 0 Å². The molecular formula is C20H25NO3S. The molecule has 2 aromatic rings. The second-order valence-electron chi connectivity index (χ2n) is 5.92. The van der Waals surface area contributed by atoms with Crippen molar-refractivity contribution in [3.05, 3.63) is 53.6 Å². The van der Waals surface area contributed by atoms with E-state index in [9.17, 15) is 4.79 Å². The molecule has 0 aliphatic carbocycles. The predicted octanol–water partition coefficient (Wildman–Crippen LogP) is 4.37. The van der Waals surface area contributed by atoms with Gasteiger partial charge in [0, 0.05) is 4.90 Å². The average molecular weight is 359 g/mol. The Morgan fingerprint density at radius 1 is 1.00 bits per heavy atom. The highest BCUT2D eigenvalue weighted by atomic mass is 32.2. The molecule has 2 aromatic carbocycles. The smallest absolute Gasteiger partial charge is 0.233 e. The van der Waals surface area contributed by atoms with E-state index in [0.717, 1.165) is 10.5 Å². The molecule has 0 fully saturated rings. The summed E-state index contributed by atoms with van der Waals surface area (Å²) in [5.74, 6) is 1.34. The van der Waals surface area contributed by atoms with Gasteiger partial charge in [0.15, 0.2) is 11.5 Å². The van der Waals surface area contributed by atoms with E-state index >= 15 is 0 Å². The SMILES string of the molecule is COc1ccc([C@H](C)NC(=O)[C@H](C)Sc2ccc(C)cc2)cc1OC. The van der Waals surface area contributed by atoms with Gasteiger partial charge in [-0.2, -0.15) is 0 Å². The van der Waals surface area contributed by atoms with Crippen LogP contribution in [-0.4, -0.2) is 25.4 Å². The number of nitrogens with one attached hydrogen (secondary N) is 1. The van der Waals surface area contributed by atoms with Crippen molar-refractivity contribution in [2.45, 2.75) is 37.0 Å². The van der Waals surface area contributed by atoms with Gasteiger partial charge in [0.05, 0.1) is 25.5 Å². The first-order chi connectivity index (χ1) is 11.9. The molecule has 0 spiro atoms. The van der Waals surface area contributed by atoms with Crippen LogP contribution in [0.25, 0.3) is 0 Å². The number of benzene rings is 2. The fourth-order valence-electron chi connectivity index (χ4n) is 2.41. The molecule has 2 rings (SSSR count). The van der Waals surface area contributed by atoms with Crippen molar-refractivity contribution in [3.8, 4) is 11.5 Å². The monoisotopic (exact) mass is 359 g/mol. The van der Waals surface area contributed by atoms with E-state index in [-0.39, 0.29) is 17.2 Å². The minimum Gasteiger partial charge on any atom is -0.493 e. The highest BCUT2D eigenvalue weighted by Gasteiger charge is 2.18. The summed E-state index contributed by atoms with van der Waals surface area (Å²) < 4.78 is 10.6. The Morgan fingerprint density at radius 2 is 1.64 bits per heavy atom. The average Bonchev–Trinajstić information content (AvgIpc) is 2.62. The van der Waals surface area contributed by atoms with Gasteiger partial charge in [-0.05, 0) is 50.6 Å². The molecule has 0 bridgehead atoms. The van der Waals surface area contributed by atoms with Crippen LogP contribution in [0, 0.1) is 6.92 Å². The number of carbonyl (C=O) groups is 1. The zero-order valence-corrected chi connectivity index (χ0v) is 16.1. The maximum Gasteiger partial charge on any atom is 0.233 e. The molecule has 0 heterocycles. The van der Waals surface area contributed by atoms with E-state index in [1.54, 1.807) is 26.0 Å². The molecule has 0 aromatic heterocycles. The van der Waals surface area contributed by atoms with Crippen molar-refractivity contribution in [2.24, 2.45) is 0 Å². The number of thioether (sulfide) groups is 1. The van der Waals surface area contributed by atoms with Crippen LogP contribution in [0.1, 0.15) is 31.0 Å². The van der Waals surface area contributed by atoms with E-state index in [4.69, 9.17) is 9.47 Å². The summed E-state index contributed by atoms with van der Waals surface area (Å²) in [6, 6.07) is 13.8. The standard InChI is InChI=1S/C20H25NO3S/c1-13-6-9-17(10-7-13)25-15(3)20(22)21-14(2)16-8-11-18(23-4)19(12-16)24-5/h6-12,14-15H,1-5H3,(H,21,22)/t14-,15-/m0/s1. The van der Waals surface area contributed by atoms with E-state index in [0.29, 0.717) is 11.5 Å². The van der Waals surface area contributed by atoms with Gasteiger partial charge < -0.3 is 14.8 Å². The Balaban J connectivity index is 2.00. The molecule has 2 atom stereocenters. The number of carbonyl (C=O) groups excluding carboxylic acids is 1. The van der Waals surface area contributed by atoms with Gasteiger partial charge in [-0.25, -0.2) is 0 Å². The van der Waals surface area contributed by atoms with Crippen LogP contribution in [0.2, 0.25) is 0 Å². The molecule has 1 N–H and O–H groups in total. The Morgan fingerprint density at radius 3 is 2.24 bits per heavy atom. The fourth-order valence-corrected chi connectivity index (χ4v) is 3.29. The minimum absolute atomic E-state index is 0.00728. The van der Waals surface area contributed by atoms with Crippen LogP contribution >= 0.6 is 11.8 Å². The summed E-state index contributed by atoms with van der Waals surface area (Å²) in [6.07, 6.45) is 0. The third kappa shape index (κ3) is 5.16. The van der Waals surface area contributed by atoms with Gasteiger partial charge in [0.1, 0.15) is 0 Å². The molecule has 0 unspecified atom stereocenters. The maximum atomic E-state index is 12.5. The topological polar surface area (TPSA) is 47.6 Å². The third-order valence-electron chi connectivity index (χ3n) is 3.97. The van der Waals surface area contributed by atoms with E-state index in [1.807, 2.05) is 44.2 Å². The quantitative estimate of drug-likeness (QED) is 0.746. The van der Waals surface area contributed by atoms with Crippen LogP contribution in [0.4, 0.5) is 0 Å². The first-order valence-corrected chi connectivity index (χ1v) is 9.08. The molecule has 5 heteroatoms. The molecule has 25 heavy (non-hydrogen) atoms. The molecule has 0 saturated carbocycles. The molecule has 0 saturated heterocycles. The summed E-state index contributed by atoms with van der Waals surface area (Å²) in [6.45, 7) is 5.93. The van der Waals surface area contributed by atoms with E-state index in [2.05, 4.69) is 24.4 Å². The van der Waals surface area contributed by atoms with Crippen molar-refractivity contribution in [1.82, 2.24) is 5.32 Å². The molecule has 4 nitrogen and oxygen atoms in total. The van der Waals surface area contributed by atoms with Crippen molar-refractivity contribution in [1.29, 1.82) is 0 Å². The highest BCUT2D eigenvalue weighted by molar-refractivity contribution is 8.00. The van der Waals surface area contributed by atoms with E-state index in [1.165, 1.54) is 5.56 Å². The highest BCUT2D eigenvalue weighted by Crippen LogP contribution is 2.30. The first-order valence-electron chi connectivity index (χ1n) is 8.20. The Kier molecular flexibility index (Phi) is 6.76. The molecule has 0 aliphatic heterocycles. The Labute approximate surface area is 153 Å². The zero-order chi connectivity index (χ0) is 18.4. The van der Waals surface area contributed by atoms with Crippen LogP contribution < -0.4 is 14.8 Å². The lowest BCUT2D eigenvalue weighted by Gasteiger charge is -2.19. The van der Waals surface area contributed by atoms with Crippen LogP contribution in [-0.2, 0) is 4.79 Å². The number of amides is 1. The van der Waals surface area contributed by atoms with Gasteiger partial charge in [-0.15, -0.1) is 11.8 Å². The molecule has 1 amide bonds. The lowest BCUT2D eigenvalue weighted by atomic mass is 10.1. The second kappa shape index (κ2) is 8.81. The van der Waals surface area contributed by atoms with Gasteiger partial charge in [-0.1, -0.05) is 23.8 Å². The normalized spacial score (nSPS) is 13.0. The summed E-state index contributed by atoms with van der Waals surface area (Å²) in [5.41, 5.74) is 2.18. The number of hydrogen-bond donors (Lipinski definition) is 1. The summed E-state index contributed by atoms with van der Waals surface area (Å²) in [7, 11) is 3.21. The van der Waals surface area contributed by atoms with Crippen LogP contribution in [0.15, 0.2) is 47.4 Å². The summed E-state index contributed by atoms with van der Waals surface area (Å²) >= 11 is 1.55. The van der Waals surface area contributed by atoms with Crippen LogP contribution in [0.3, 0.4) is 0 Å². The van der Waals surface area contributed by atoms with Crippen LogP contribution in [0.5, 0.6) is 11.5 Å². The molecule has 0 aliphatic rings. The maximum absolute atomic E-state index is 12.5. The lowest BCUT2D eigenvalue weighted by Crippen LogP contribution is -2.33. The Bertz CT molecular complexity index is 715. The van der Waals surface area contributed by atoms with Gasteiger partial charge in [0.25, 0.3) is 0 Å². The third-order valence-corrected chi connectivity index (χ3v) is 5.08. The Hall–Kier alpha value is -2.14. The molecule has 134 valence electrons. The molecule has 0 radical (unpaired) electrons. The van der Waals surface area contributed by atoms with Crippen molar-refractivity contribution < 1.29 is 14.3 Å². The lowest BCUT2D eigenvalue weighted by molar-refractivity contribution is -0.120. The van der Waals surface area contributed by atoms with Crippen molar-refractivity contribution in [3.63, 3.8) is 0 Å². The fraction of sp³-hybridized carbons (Fsp3) is 0.350. The van der Waals surface area contributed by atoms with Crippen molar-refractivity contribution >= 4 is 17.7 Å². The zero-order valence-electron chi connectivity index (χ0n) is 15.3. The summed E-state index contributed by atoms with van der Waals surface area (Å²) in [5, 5.41) is 2.88. The molecular weight excluding hydrogens is 334 g/mol. The second-order valence-corrected chi connectivity index (χ2v) is 7.33. The number of rotatable bonds is 7. The number of ether oxygens (including phenoxy) is 2. The van der Waals surface area contributed by atoms with Gasteiger partial charge in [0.2, 0.25) is 5.91 Å². The minimum atomic E-state index is -0.176.